The van der Waals surface area contributed by atoms with Crippen LogP contribution in [0.2, 0.25) is 0 Å². The van der Waals surface area contributed by atoms with Crippen molar-refractivity contribution in [2.45, 2.75) is 37.8 Å². The highest BCUT2D eigenvalue weighted by Gasteiger charge is 2.32. The first kappa shape index (κ1) is 13.3. The van der Waals surface area contributed by atoms with Crippen molar-refractivity contribution in [3.63, 3.8) is 0 Å². The third-order valence-corrected chi connectivity index (χ3v) is 5.12. The lowest BCUT2D eigenvalue weighted by Crippen LogP contribution is -2.53. The maximum absolute atomic E-state index is 12.3. The average molecular weight is 285 g/mol. The van der Waals surface area contributed by atoms with E-state index in [4.69, 9.17) is 0 Å². The second-order valence-corrected chi connectivity index (χ2v) is 6.57. The molecule has 4 heteroatoms. The normalized spacial score (nSPS) is 28.8. The summed E-state index contributed by atoms with van der Waals surface area (Å²) in [5.41, 5.74) is 2.45. The molecule has 2 unspecified atom stereocenters. The summed E-state index contributed by atoms with van der Waals surface area (Å²) in [5, 5.41) is 3.66. The van der Waals surface area contributed by atoms with Gasteiger partial charge < -0.3 is 10.2 Å². The maximum atomic E-state index is 12.3. The molecule has 0 spiro atoms. The molecule has 0 aliphatic carbocycles. The smallest absolute Gasteiger partial charge is 0.227 e. The third-order valence-electron chi connectivity index (χ3n) is 5.12. The molecule has 21 heavy (non-hydrogen) atoms. The number of amides is 1. The molecule has 112 valence electrons. The van der Waals surface area contributed by atoms with E-state index in [0.29, 0.717) is 18.5 Å². The second kappa shape index (κ2) is 5.43. The summed E-state index contributed by atoms with van der Waals surface area (Å²) in [7, 11) is 0. The Morgan fingerprint density at radius 1 is 1.05 bits per heavy atom. The Morgan fingerprint density at radius 2 is 1.81 bits per heavy atom. The highest BCUT2D eigenvalue weighted by molar-refractivity contribution is 5.96. The number of likely N-dealkylation sites (tertiary alicyclic amines) is 1. The Bertz CT molecular complexity index is 533. The van der Waals surface area contributed by atoms with E-state index in [-0.39, 0.29) is 5.91 Å². The van der Waals surface area contributed by atoms with Crippen LogP contribution in [0.3, 0.4) is 0 Å². The minimum Gasteiger partial charge on any atom is -0.311 e. The fraction of sp³-hybridized carbons (Fsp3) is 0.588. The minimum absolute atomic E-state index is 0.284. The van der Waals surface area contributed by atoms with Crippen molar-refractivity contribution in [3.8, 4) is 0 Å². The van der Waals surface area contributed by atoms with E-state index in [1.165, 1.54) is 18.4 Å². The van der Waals surface area contributed by atoms with Crippen molar-refractivity contribution in [1.82, 2.24) is 10.2 Å². The van der Waals surface area contributed by atoms with Gasteiger partial charge in [-0.25, -0.2) is 0 Å². The van der Waals surface area contributed by atoms with E-state index in [0.717, 1.165) is 38.3 Å². The molecule has 2 atom stereocenters. The fourth-order valence-corrected chi connectivity index (χ4v) is 4.05. The van der Waals surface area contributed by atoms with Gasteiger partial charge >= 0.3 is 0 Å². The molecular weight excluding hydrogens is 262 g/mol. The lowest BCUT2D eigenvalue weighted by molar-refractivity contribution is -0.118. The SMILES string of the molecule is O=C1CCc2ccccc2N1CCN1CC2CCC(C1)N2. The van der Waals surface area contributed by atoms with Crippen molar-refractivity contribution in [1.29, 1.82) is 0 Å². The number of rotatable bonds is 3. The number of nitrogens with one attached hydrogen (secondary N) is 1. The molecule has 1 amide bonds. The lowest BCUT2D eigenvalue weighted by Gasteiger charge is -2.35. The molecule has 0 saturated carbocycles. The van der Waals surface area contributed by atoms with Crippen molar-refractivity contribution in [2.75, 3.05) is 31.1 Å². The number of hydrogen-bond acceptors (Lipinski definition) is 3. The molecule has 4 nitrogen and oxygen atoms in total. The maximum Gasteiger partial charge on any atom is 0.227 e. The Balaban J connectivity index is 1.43. The second-order valence-electron chi connectivity index (χ2n) is 6.57. The molecule has 2 saturated heterocycles. The zero-order valence-corrected chi connectivity index (χ0v) is 12.4. The van der Waals surface area contributed by atoms with Gasteiger partial charge in [0.05, 0.1) is 0 Å². The summed E-state index contributed by atoms with van der Waals surface area (Å²) in [4.78, 5) is 16.8. The van der Waals surface area contributed by atoms with Gasteiger partial charge in [-0.05, 0) is 30.9 Å². The van der Waals surface area contributed by atoms with Crippen LogP contribution < -0.4 is 10.2 Å². The summed E-state index contributed by atoms with van der Waals surface area (Å²) in [5.74, 6) is 0.284. The molecule has 1 aromatic carbocycles. The summed E-state index contributed by atoms with van der Waals surface area (Å²) in [6, 6.07) is 9.70. The highest BCUT2D eigenvalue weighted by atomic mass is 16.2. The van der Waals surface area contributed by atoms with Crippen molar-refractivity contribution >= 4 is 11.6 Å². The number of nitrogens with zero attached hydrogens (tertiary/aromatic N) is 2. The van der Waals surface area contributed by atoms with Gasteiger partial charge in [0.2, 0.25) is 5.91 Å². The van der Waals surface area contributed by atoms with Gasteiger partial charge in [0.25, 0.3) is 0 Å². The molecule has 3 aliphatic heterocycles. The van der Waals surface area contributed by atoms with Crippen LogP contribution in [0.25, 0.3) is 0 Å². The summed E-state index contributed by atoms with van der Waals surface area (Å²) in [6.45, 7) is 4.10. The largest absolute Gasteiger partial charge is 0.311 e. The highest BCUT2D eigenvalue weighted by Crippen LogP contribution is 2.27. The topological polar surface area (TPSA) is 35.6 Å². The molecule has 1 N–H and O–H groups in total. The van der Waals surface area contributed by atoms with Crippen molar-refractivity contribution in [2.24, 2.45) is 0 Å². The lowest BCUT2D eigenvalue weighted by atomic mass is 10.0. The molecule has 3 heterocycles. The van der Waals surface area contributed by atoms with Gasteiger partial charge in [-0.1, -0.05) is 18.2 Å². The van der Waals surface area contributed by atoms with Crippen LogP contribution in [-0.2, 0) is 11.2 Å². The predicted octanol–water partition coefficient (Wildman–Crippen LogP) is 1.40. The number of fused-ring (bicyclic) bond motifs is 3. The molecule has 1 aromatic rings. The Hall–Kier alpha value is -1.39. The van der Waals surface area contributed by atoms with E-state index >= 15 is 0 Å². The van der Waals surface area contributed by atoms with Crippen molar-refractivity contribution in [3.05, 3.63) is 29.8 Å². The molecule has 3 aliphatic rings. The van der Waals surface area contributed by atoms with Gasteiger partial charge in [-0.15, -0.1) is 0 Å². The number of piperazine rings is 1. The monoisotopic (exact) mass is 285 g/mol. The van der Waals surface area contributed by atoms with Crippen LogP contribution >= 0.6 is 0 Å². The van der Waals surface area contributed by atoms with E-state index in [2.05, 4.69) is 28.4 Å². The van der Waals surface area contributed by atoms with E-state index < -0.39 is 0 Å². The Morgan fingerprint density at radius 3 is 2.62 bits per heavy atom. The fourth-order valence-electron chi connectivity index (χ4n) is 4.05. The van der Waals surface area contributed by atoms with E-state index in [9.17, 15) is 4.79 Å². The summed E-state index contributed by atoms with van der Waals surface area (Å²) in [6.07, 6.45) is 4.17. The number of aryl methyl sites for hydroxylation is 1. The number of carbonyl (C=O) groups excluding carboxylic acids is 1. The number of anilines is 1. The van der Waals surface area contributed by atoms with Crippen LogP contribution in [0.1, 0.15) is 24.8 Å². The average Bonchev–Trinajstić information content (AvgIpc) is 2.85. The van der Waals surface area contributed by atoms with Crippen LogP contribution in [0.4, 0.5) is 5.69 Å². The number of carbonyl (C=O) groups is 1. The van der Waals surface area contributed by atoms with E-state index in [1.54, 1.807) is 0 Å². The number of hydrogen-bond donors (Lipinski definition) is 1. The van der Waals surface area contributed by atoms with Crippen LogP contribution in [0.5, 0.6) is 0 Å². The first-order valence-electron chi connectivity index (χ1n) is 8.16. The van der Waals surface area contributed by atoms with Crippen LogP contribution in [0, 0.1) is 0 Å². The van der Waals surface area contributed by atoms with Crippen LogP contribution in [-0.4, -0.2) is 49.1 Å². The Labute approximate surface area is 126 Å². The van der Waals surface area contributed by atoms with Gasteiger partial charge in [-0.3, -0.25) is 9.69 Å². The number of para-hydroxylation sites is 1. The van der Waals surface area contributed by atoms with Gasteiger partial charge in [-0.2, -0.15) is 0 Å². The van der Waals surface area contributed by atoms with E-state index in [1.807, 2.05) is 11.0 Å². The molecule has 4 rings (SSSR count). The van der Waals surface area contributed by atoms with Gasteiger partial charge in [0, 0.05) is 50.4 Å². The van der Waals surface area contributed by atoms with Gasteiger partial charge in [0.1, 0.15) is 0 Å². The number of benzene rings is 1. The summed E-state index contributed by atoms with van der Waals surface area (Å²) >= 11 is 0. The first-order valence-corrected chi connectivity index (χ1v) is 8.16. The zero-order chi connectivity index (χ0) is 14.2. The predicted molar refractivity (Wildman–Crippen MR) is 83.5 cm³/mol. The molecular formula is C17H23N3O. The van der Waals surface area contributed by atoms with Gasteiger partial charge in [0.15, 0.2) is 0 Å². The Kier molecular flexibility index (Phi) is 3.43. The standard InChI is InChI=1S/C17H23N3O/c21-17-8-5-13-3-1-2-4-16(13)20(17)10-9-19-11-14-6-7-15(12-19)18-14/h1-4,14-15,18H,5-12H2. The van der Waals surface area contributed by atoms with Crippen LogP contribution in [0.15, 0.2) is 24.3 Å². The first-order chi connectivity index (χ1) is 10.3. The molecule has 0 aromatic heterocycles. The zero-order valence-electron chi connectivity index (χ0n) is 12.4. The minimum atomic E-state index is 0.284. The molecule has 0 radical (unpaired) electrons. The molecule has 2 fully saturated rings. The quantitative estimate of drug-likeness (QED) is 0.912. The molecule has 2 bridgehead atoms. The third kappa shape index (κ3) is 2.58. The summed E-state index contributed by atoms with van der Waals surface area (Å²) < 4.78 is 0. The van der Waals surface area contributed by atoms with Crippen molar-refractivity contribution < 1.29 is 4.79 Å².